The molecule has 94 valence electrons. The molecular weight excluding hydrogens is 294 g/mol. The Hall–Kier alpha value is -1.68. The average Bonchev–Trinajstić information content (AvgIpc) is 2.38. The van der Waals surface area contributed by atoms with Crippen LogP contribution in [0.15, 0.2) is 46.9 Å². The third-order valence-corrected chi connectivity index (χ3v) is 3.02. The second-order valence-corrected chi connectivity index (χ2v) is 4.74. The lowest BCUT2D eigenvalue weighted by molar-refractivity contribution is 0.284. The van der Waals surface area contributed by atoms with Gasteiger partial charge in [-0.2, -0.15) is 0 Å². The van der Waals surface area contributed by atoms with Gasteiger partial charge in [-0.15, -0.1) is 0 Å². The molecule has 0 amide bonds. The van der Waals surface area contributed by atoms with Gasteiger partial charge in [0, 0.05) is 16.2 Å². The summed E-state index contributed by atoms with van der Waals surface area (Å²) in [6.45, 7) is 0.479. The molecule has 0 unspecified atom stereocenters. The fourth-order valence-corrected chi connectivity index (χ4v) is 1.81. The maximum absolute atomic E-state index is 5.73. The minimum Gasteiger partial charge on any atom is -0.493 e. The third-order valence-electron chi connectivity index (χ3n) is 2.50. The summed E-state index contributed by atoms with van der Waals surface area (Å²) in [5.41, 5.74) is 7.47. The van der Waals surface area contributed by atoms with Crippen LogP contribution < -0.4 is 15.2 Å². The van der Waals surface area contributed by atoms with E-state index < -0.39 is 0 Å². The van der Waals surface area contributed by atoms with Crippen LogP contribution in [0.4, 0.5) is 5.69 Å². The summed E-state index contributed by atoms with van der Waals surface area (Å²) >= 11 is 3.40. The summed E-state index contributed by atoms with van der Waals surface area (Å²) in [5.74, 6) is 1.33. The van der Waals surface area contributed by atoms with Crippen LogP contribution >= 0.6 is 15.9 Å². The Bertz CT molecular complexity index is 526. The first kappa shape index (κ1) is 12.8. The molecule has 0 heterocycles. The van der Waals surface area contributed by atoms with Crippen LogP contribution in [0.25, 0.3) is 0 Å². The molecule has 3 nitrogen and oxygen atoms in total. The number of halogens is 1. The molecule has 0 aliphatic rings. The Labute approximate surface area is 115 Å². The van der Waals surface area contributed by atoms with Crippen LogP contribution in [-0.4, -0.2) is 7.11 Å². The quantitative estimate of drug-likeness (QED) is 0.877. The van der Waals surface area contributed by atoms with Crippen molar-refractivity contribution in [2.75, 3.05) is 12.8 Å². The molecule has 2 aromatic rings. The van der Waals surface area contributed by atoms with Crippen molar-refractivity contribution in [2.45, 2.75) is 6.61 Å². The zero-order valence-electron chi connectivity index (χ0n) is 10.0. The van der Waals surface area contributed by atoms with E-state index in [0.29, 0.717) is 23.8 Å². The molecule has 0 aliphatic carbocycles. The van der Waals surface area contributed by atoms with E-state index in [2.05, 4.69) is 15.9 Å². The van der Waals surface area contributed by atoms with Crippen molar-refractivity contribution in [2.24, 2.45) is 0 Å². The molecule has 0 spiro atoms. The number of nitrogen functional groups attached to an aromatic ring is 1. The fourth-order valence-electron chi connectivity index (χ4n) is 1.55. The topological polar surface area (TPSA) is 44.5 Å². The van der Waals surface area contributed by atoms with E-state index in [1.54, 1.807) is 25.3 Å². The molecule has 0 aliphatic heterocycles. The van der Waals surface area contributed by atoms with Crippen LogP contribution in [0.2, 0.25) is 0 Å². The predicted octanol–water partition coefficient (Wildman–Crippen LogP) is 3.62. The average molecular weight is 308 g/mol. The van der Waals surface area contributed by atoms with Crippen molar-refractivity contribution in [3.8, 4) is 11.5 Å². The lowest BCUT2D eigenvalue weighted by Gasteiger charge is -2.11. The maximum atomic E-state index is 5.73. The molecule has 2 aromatic carbocycles. The van der Waals surface area contributed by atoms with Gasteiger partial charge in [0.15, 0.2) is 11.5 Å². The van der Waals surface area contributed by atoms with Crippen LogP contribution in [0.3, 0.4) is 0 Å². The molecule has 0 aromatic heterocycles. The third kappa shape index (κ3) is 3.17. The molecule has 4 heteroatoms. The molecule has 0 saturated heterocycles. The van der Waals surface area contributed by atoms with Gasteiger partial charge in [-0.05, 0) is 29.8 Å². The zero-order chi connectivity index (χ0) is 13.0. The summed E-state index contributed by atoms with van der Waals surface area (Å²) in [6, 6.07) is 13.3. The van der Waals surface area contributed by atoms with Crippen LogP contribution in [0.1, 0.15) is 5.56 Å². The first-order valence-electron chi connectivity index (χ1n) is 5.50. The second-order valence-electron chi connectivity index (χ2n) is 3.83. The Morgan fingerprint density at radius 3 is 2.44 bits per heavy atom. The highest BCUT2D eigenvalue weighted by atomic mass is 79.9. The van der Waals surface area contributed by atoms with E-state index in [0.717, 1.165) is 10.0 Å². The highest BCUT2D eigenvalue weighted by Gasteiger charge is 2.05. The van der Waals surface area contributed by atoms with E-state index in [1.807, 2.05) is 24.3 Å². The Morgan fingerprint density at radius 2 is 1.78 bits per heavy atom. The number of benzene rings is 2. The van der Waals surface area contributed by atoms with Crippen molar-refractivity contribution in [3.63, 3.8) is 0 Å². The first-order valence-corrected chi connectivity index (χ1v) is 6.29. The summed E-state index contributed by atoms with van der Waals surface area (Å²) in [5, 5.41) is 0. The van der Waals surface area contributed by atoms with Crippen molar-refractivity contribution in [3.05, 3.63) is 52.5 Å². The molecule has 0 bridgehead atoms. The van der Waals surface area contributed by atoms with Crippen LogP contribution in [0, 0.1) is 0 Å². The minimum absolute atomic E-state index is 0.479. The number of anilines is 1. The first-order chi connectivity index (χ1) is 8.69. The number of nitrogens with two attached hydrogens (primary N) is 1. The van der Waals surface area contributed by atoms with Crippen molar-refractivity contribution in [1.82, 2.24) is 0 Å². The minimum atomic E-state index is 0.479. The van der Waals surface area contributed by atoms with Gasteiger partial charge in [-0.1, -0.05) is 28.1 Å². The number of hydrogen-bond acceptors (Lipinski definition) is 3. The number of hydrogen-bond donors (Lipinski definition) is 1. The Morgan fingerprint density at radius 1 is 1.06 bits per heavy atom. The fraction of sp³-hybridized carbons (Fsp3) is 0.143. The summed E-state index contributed by atoms with van der Waals surface area (Å²) in [7, 11) is 1.61. The van der Waals surface area contributed by atoms with E-state index in [4.69, 9.17) is 15.2 Å². The van der Waals surface area contributed by atoms with Crippen molar-refractivity contribution in [1.29, 1.82) is 0 Å². The number of ether oxygens (including phenoxy) is 2. The van der Waals surface area contributed by atoms with E-state index >= 15 is 0 Å². The zero-order valence-corrected chi connectivity index (χ0v) is 11.6. The van der Waals surface area contributed by atoms with Gasteiger partial charge in [0.25, 0.3) is 0 Å². The van der Waals surface area contributed by atoms with Gasteiger partial charge in [0.2, 0.25) is 0 Å². The lowest BCUT2D eigenvalue weighted by Crippen LogP contribution is -1.98. The highest BCUT2D eigenvalue weighted by molar-refractivity contribution is 9.10. The molecular formula is C14H14BrNO2. The lowest BCUT2D eigenvalue weighted by atomic mass is 10.2. The summed E-state index contributed by atoms with van der Waals surface area (Å²) < 4.78 is 12.0. The standard InChI is InChI=1S/C14H14BrNO2/c1-17-13-7-6-12(16)8-14(13)18-9-10-2-4-11(15)5-3-10/h2-8H,9,16H2,1H3. The van der Waals surface area contributed by atoms with Gasteiger partial charge < -0.3 is 15.2 Å². The summed E-state index contributed by atoms with van der Waals surface area (Å²) in [4.78, 5) is 0. The molecule has 0 fully saturated rings. The highest BCUT2D eigenvalue weighted by Crippen LogP contribution is 2.29. The van der Waals surface area contributed by atoms with Crippen LogP contribution in [-0.2, 0) is 6.61 Å². The smallest absolute Gasteiger partial charge is 0.163 e. The monoisotopic (exact) mass is 307 g/mol. The molecule has 2 N–H and O–H groups in total. The Kier molecular flexibility index (Phi) is 4.10. The van der Waals surface area contributed by atoms with Gasteiger partial charge in [-0.25, -0.2) is 0 Å². The molecule has 0 saturated carbocycles. The molecule has 2 rings (SSSR count). The number of rotatable bonds is 4. The van der Waals surface area contributed by atoms with E-state index in [1.165, 1.54) is 0 Å². The van der Waals surface area contributed by atoms with E-state index in [-0.39, 0.29) is 0 Å². The van der Waals surface area contributed by atoms with Gasteiger partial charge in [0.05, 0.1) is 7.11 Å². The molecule has 0 radical (unpaired) electrons. The predicted molar refractivity (Wildman–Crippen MR) is 75.9 cm³/mol. The van der Waals surface area contributed by atoms with Crippen LogP contribution in [0.5, 0.6) is 11.5 Å². The Balaban J connectivity index is 2.09. The normalized spacial score (nSPS) is 10.1. The molecule has 0 atom stereocenters. The van der Waals surface area contributed by atoms with Gasteiger partial charge in [0.1, 0.15) is 6.61 Å². The van der Waals surface area contributed by atoms with E-state index in [9.17, 15) is 0 Å². The second kappa shape index (κ2) is 5.78. The van der Waals surface area contributed by atoms with Crippen molar-refractivity contribution < 1.29 is 9.47 Å². The SMILES string of the molecule is COc1ccc(N)cc1OCc1ccc(Br)cc1. The summed E-state index contributed by atoms with van der Waals surface area (Å²) in [6.07, 6.45) is 0. The maximum Gasteiger partial charge on any atom is 0.163 e. The largest absolute Gasteiger partial charge is 0.493 e. The number of methoxy groups -OCH3 is 1. The van der Waals surface area contributed by atoms with Gasteiger partial charge >= 0.3 is 0 Å². The van der Waals surface area contributed by atoms with Crippen molar-refractivity contribution >= 4 is 21.6 Å². The van der Waals surface area contributed by atoms with Gasteiger partial charge in [-0.3, -0.25) is 0 Å². The molecule has 18 heavy (non-hydrogen) atoms.